The third-order valence-corrected chi connectivity index (χ3v) is 3.17. The first-order valence-electron chi connectivity index (χ1n) is 4.34. The Morgan fingerprint density at radius 1 is 1.06 bits per heavy atom. The molecule has 0 unspecified atom stereocenters. The van der Waals surface area contributed by atoms with Crippen molar-refractivity contribution in [3.63, 3.8) is 0 Å². The number of rotatable bonds is 4. The number of halogens is 2. The molecule has 0 aliphatic heterocycles. The minimum atomic E-state index is -1.00. The van der Waals surface area contributed by atoms with Crippen molar-refractivity contribution in [1.29, 1.82) is 0 Å². The summed E-state index contributed by atoms with van der Waals surface area (Å²) in [6, 6.07) is 5.83. The van der Waals surface area contributed by atoms with Gasteiger partial charge in [-0.3, -0.25) is 4.79 Å². The van der Waals surface area contributed by atoms with Gasteiger partial charge in [0.1, 0.15) is 0 Å². The molecule has 16 heavy (non-hydrogen) atoms. The molecule has 0 aliphatic rings. The molecular formula is C10H9Br2NO3. The van der Waals surface area contributed by atoms with Crippen molar-refractivity contribution < 1.29 is 14.7 Å². The van der Waals surface area contributed by atoms with E-state index in [0.29, 0.717) is 16.5 Å². The Labute approximate surface area is 110 Å². The second-order valence-electron chi connectivity index (χ2n) is 2.97. The van der Waals surface area contributed by atoms with Crippen LogP contribution in [0.3, 0.4) is 0 Å². The summed E-state index contributed by atoms with van der Waals surface area (Å²) >= 11 is 6.39. The molecule has 0 fully saturated rings. The number of alkyl halides is 2. The van der Waals surface area contributed by atoms with Gasteiger partial charge < -0.3 is 10.0 Å². The minimum absolute atomic E-state index is 0.161. The van der Waals surface area contributed by atoms with Gasteiger partial charge in [-0.2, -0.15) is 0 Å². The van der Waals surface area contributed by atoms with Gasteiger partial charge in [-0.05, 0) is 24.3 Å². The average Bonchev–Trinajstić information content (AvgIpc) is 2.30. The van der Waals surface area contributed by atoms with Crippen LogP contribution < -0.4 is 0 Å². The van der Waals surface area contributed by atoms with Gasteiger partial charge in [0, 0.05) is 5.56 Å². The zero-order valence-corrected chi connectivity index (χ0v) is 11.4. The summed E-state index contributed by atoms with van der Waals surface area (Å²) in [6.07, 6.45) is 0. The first kappa shape index (κ1) is 13.2. The number of aromatic carboxylic acids is 1. The lowest BCUT2D eigenvalue weighted by Gasteiger charge is -2.16. The molecule has 0 aliphatic carbocycles. The highest BCUT2D eigenvalue weighted by Crippen LogP contribution is 2.10. The van der Waals surface area contributed by atoms with Crippen molar-refractivity contribution in [2.75, 3.05) is 10.9 Å². The monoisotopic (exact) mass is 349 g/mol. The number of carbonyl (C=O) groups excluding carboxylic acids is 1. The molecule has 0 spiro atoms. The third-order valence-electron chi connectivity index (χ3n) is 1.95. The van der Waals surface area contributed by atoms with Crippen LogP contribution >= 0.6 is 31.9 Å². The van der Waals surface area contributed by atoms with Gasteiger partial charge in [-0.15, -0.1) is 0 Å². The van der Waals surface area contributed by atoms with E-state index in [9.17, 15) is 9.59 Å². The molecule has 0 aromatic heterocycles. The number of carboxylic acids is 1. The van der Waals surface area contributed by atoms with Gasteiger partial charge >= 0.3 is 5.97 Å². The van der Waals surface area contributed by atoms with Gasteiger partial charge in [0.05, 0.1) is 16.5 Å². The van der Waals surface area contributed by atoms with Gasteiger partial charge in [0.15, 0.2) is 0 Å². The van der Waals surface area contributed by atoms with E-state index in [1.165, 1.54) is 29.2 Å². The number of carbonyl (C=O) groups is 2. The lowest BCUT2D eigenvalue weighted by Crippen LogP contribution is -2.28. The molecule has 0 atom stereocenters. The molecule has 0 saturated carbocycles. The number of benzene rings is 1. The quantitative estimate of drug-likeness (QED) is 0.670. The predicted molar refractivity (Wildman–Crippen MR) is 67.2 cm³/mol. The topological polar surface area (TPSA) is 57.6 Å². The SMILES string of the molecule is O=C(O)c1ccc(C(=O)N(CBr)CBr)cc1. The van der Waals surface area contributed by atoms with E-state index in [4.69, 9.17) is 5.11 Å². The van der Waals surface area contributed by atoms with Gasteiger partial charge in [0.25, 0.3) is 5.91 Å². The smallest absolute Gasteiger partial charge is 0.335 e. The van der Waals surface area contributed by atoms with Crippen molar-refractivity contribution >= 4 is 43.7 Å². The summed E-state index contributed by atoms with van der Waals surface area (Å²) in [5.41, 5.74) is 1.46. The molecule has 1 aromatic carbocycles. The molecule has 0 saturated heterocycles. The van der Waals surface area contributed by atoms with E-state index in [2.05, 4.69) is 31.9 Å². The molecule has 86 valence electrons. The standard InChI is InChI=1S/C10H9Br2NO3/c11-5-13(6-12)9(14)7-1-3-8(4-2-7)10(15)16/h1-4H,5-6H2,(H,15,16). The summed E-state index contributed by atoms with van der Waals surface area (Å²) in [6.45, 7) is 0. The Morgan fingerprint density at radius 2 is 1.50 bits per heavy atom. The molecular weight excluding hydrogens is 342 g/mol. The lowest BCUT2D eigenvalue weighted by atomic mass is 10.1. The zero-order valence-electron chi connectivity index (χ0n) is 8.19. The molecule has 1 rings (SSSR count). The molecule has 6 heteroatoms. The predicted octanol–water partition coefficient (Wildman–Crippen LogP) is 2.53. The number of amides is 1. The molecule has 0 radical (unpaired) electrons. The maximum absolute atomic E-state index is 11.8. The summed E-state index contributed by atoms with van der Waals surface area (Å²) < 4.78 is 0. The summed E-state index contributed by atoms with van der Waals surface area (Å²) in [5, 5.41) is 8.71. The van der Waals surface area contributed by atoms with Crippen LogP contribution in [0.2, 0.25) is 0 Å². The average molecular weight is 351 g/mol. The van der Waals surface area contributed by atoms with Crippen molar-refractivity contribution in [3.8, 4) is 0 Å². The maximum Gasteiger partial charge on any atom is 0.335 e. The fourth-order valence-corrected chi connectivity index (χ4v) is 2.36. The second-order valence-corrected chi connectivity index (χ2v) is 3.97. The Morgan fingerprint density at radius 3 is 1.88 bits per heavy atom. The number of nitrogens with zero attached hydrogens (tertiary/aromatic N) is 1. The van der Waals surface area contributed by atoms with Crippen LogP contribution in [0, 0.1) is 0 Å². The molecule has 1 amide bonds. The van der Waals surface area contributed by atoms with Crippen molar-refractivity contribution in [2.24, 2.45) is 0 Å². The van der Waals surface area contributed by atoms with Crippen LogP contribution in [-0.4, -0.2) is 32.8 Å². The zero-order chi connectivity index (χ0) is 12.1. The van der Waals surface area contributed by atoms with Crippen molar-refractivity contribution in [3.05, 3.63) is 35.4 Å². The van der Waals surface area contributed by atoms with E-state index < -0.39 is 5.97 Å². The van der Waals surface area contributed by atoms with E-state index >= 15 is 0 Å². The second kappa shape index (κ2) is 6.00. The highest BCUT2D eigenvalue weighted by Gasteiger charge is 2.13. The van der Waals surface area contributed by atoms with Crippen LogP contribution in [-0.2, 0) is 0 Å². The van der Waals surface area contributed by atoms with Crippen LogP contribution in [0.15, 0.2) is 24.3 Å². The first-order valence-corrected chi connectivity index (χ1v) is 6.59. The van der Waals surface area contributed by atoms with Gasteiger partial charge in [0.2, 0.25) is 0 Å². The van der Waals surface area contributed by atoms with Crippen LogP contribution in [0.1, 0.15) is 20.7 Å². The van der Waals surface area contributed by atoms with E-state index in [1.807, 2.05) is 0 Å². The molecule has 4 nitrogen and oxygen atoms in total. The largest absolute Gasteiger partial charge is 0.478 e. The van der Waals surface area contributed by atoms with E-state index in [1.54, 1.807) is 0 Å². The van der Waals surface area contributed by atoms with Crippen molar-refractivity contribution in [1.82, 2.24) is 4.90 Å². The Balaban J connectivity index is 2.89. The normalized spacial score (nSPS) is 9.88. The summed E-state index contributed by atoms with van der Waals surface area (Å²) in [4.78, 5) is 23.9. The number of hydrogen-bond acceptors (Lipinski definition) is 2. The first-order chi connectivity index (χ1) is 7.60. The number of hydrogen-bond donors (Lipinski definition) is 1. The van der Waals surface area contributed by atoms with Crippen LogP contribution in [0.4, 0.5) is 0 Å². The Hall–Kier alpha value is -0.880. The highest BCUT2D eigenvalue weighted by molar-refractivity contribution is 9.09. The molecule has 0 heterocycles. The number of carboxylic acid groups (broad SMARTS) is 1. The maximum atomic E-state index is 11.8. The van der Waals surface area contributed by atoms with Crippen LogP contribution in [0.5, 0.6) is 0 Å². The molecule has 1 N–H and O–H groups in total. The lowest BCUT2D eigenvalue weighted by molar-refractivity contribution is 0.0695. The fourth-order valence-electron chi connectivity index (χ4n) is 1.08. The van der Waals surface area contributed by atoms with Crippen LogP contribution in [0.25, 0.3) is 0 Å². The Kier molecular flexibility index (Phi) is 4.95. The van der Waals surface area contributed by atoms with Gasteiger partial charge in [-0.1, -0.05) is 31.9 Å². The fraction of sp³-hybridized carbons (Fsp3) is 0.200. The van der Waals surface area contributed by atoms with E-state index in [0.717, 1.165) is 0 Å². The summed E-state index contributed by atoms with van der Waals surface area (Å²) in [5.74, 6) is -1.16. The molecule has 1 aromatic rings. The third kappa shape index (κ3) is 3.05. The van der Waals surface area contributed by atoms with E-state index in [-0.39, 0.29) is 11.5 Å². The highest BCUT2D eigenvalue weighted by atomic mass is 79.9. The molecule has 0 bridgehead atoms. The van der Waals surface area contributed by atoms with Gasteiger partial charge in [-0.25, -0.2) is 4.79 Å². The minimum Gasteiger partial charge on any atom is -0.478 e. The Bertz CT molecular complexity index is 388. The van der Waals surface area contributed by atoms with Crippen molar-refractivity contribution in [2.45, 2.75) is 0 Å². The summed E-state index contributed by atoms with van der Waals surface area (Å²) in [7, 11) is 0.